The smallest absolute Gasteiger partial charge is 0.252 e. The van der Waals surface area contributed by atoms with Crippen LogP contribution in [0.25, 0.3) is 10.9 Å². The highest BCUT2D eigenvalue weighted by Gasteiger charge is 2.23. The van der Waals surface area contributed by atoms with Crippen LogP contribution in [0.15, 0.2) is 40.3 Å². The maximum atomic E-state index is 12.8. The lowest BCUT2D eigenvalue weighted by molar-refractivity contribution is 0.0954. The number of hydrogen-bond donors (Lipinski definition) is 1. The molecule has 8 heteroatoms. The predicted molar refractivity (Wildman–Crippen MR) is 119 cm³/mol. The number of carbonyl (C=O) groups excluding carboxylic acids is 1. The van der Waals surface area contributed by atoms with Crippen LogP contribution in [-0.4, -0.2) is 38.0 Å². The Bertz CT molecular complexity index is 1110. The third kappa shape index (κ3) is 4.01. The van der Waals surface area contributed by atoms with E-state index in [1.165, 1.54) is 31.7 Å². The van der Waals surface area contributed by atoms with E-state index in [4.69, 9.17) is 0 Å². The molecule has 30 heavy (non-hydrogen) atoms. The Morgan fingerprint density at radius 2 is 2.00 bits per heavy atom. The summed E-state index contributed by atoms with van der Waals surface area (Å²) in [4.78, 5) is 25.0. The van der Waals surface area contributed by atoms with Gasteiger partial charge in [-0.25, -0.2) is 0 Å². The van der Waals surface area contributed by atoms with Gasteiger partial charge in [-0.15, -0.1) is 10.2 Å². The first-order valence-electron chi connectivity index (χ1n) is 10.4. The molecule has 4 rings (SSSR count). The summed E-state index contributed by atoms with van der Waals surface area (Å²) in [6.45, 7) is 0.522. The first kappa shape index (κ1) is 20.7. The Hall–Kier alpha value is -2.61. The number of aryl methyl sites for hydroxylation is 2. The largest absolute Gasteiger partial charge is 0.352 e. The maximum Gasteiger partial charge on any atom is 0.252 e. The molecule has 1 N–H and O–H groups in total. The second-order valence-corrected chi connectivity index (χ2v) is 8.52. The molecule has 0 spiro atoms. The Balaban J connectivity index is 1.42. The minimum Gasteiger partial charge on any atom is -0.352 e. The van der Waals surface area contributed by atoms with E-state index in [0.717, 1.165) is 34.7 Å². The molecular weight excluding hydrogens is 398 g/mol. The number of rotatable bonds is 7. The summed E-state index contributed by atoms with van der Waals surface area (Å²) < 4.78 is 3.86. The highest BCUT2D eigenvalue weighted by molar-refractivity contribution is 7.98. The normalized spacial score (nSPS) is 14.5. The number of hydrogen-bond acceptors (Lipinski definition) is 5. The zero-order chi connectivity index (χ0) is 21.1. The zero-order valence-corrected chi connectivity index (χ0v) is 18.2. The molecule has 0 bridgehead atoms. The summed E-state index contributed by atoms with van der Waals surface area (Å²) >= 11 is 1.64. The summed E-state index contributed by atoms with van der Waals surface area (Å²) in [6, 6.07) is 9.39. The third-order valence-corrected chi connectivity index (χ3v) is 6.51. The Kier molecular flexibility index (Phi) is 6.22. The molecule has 1 aromatic carbocycles. The van der Waals surface area contributed by atoms with Crippen LogP contribution in [0, 0.1) is 0 Å². The standard InChI is InChI=1S/C22H27N5O2S/c1-26-18-11-6-5-10-16(18)17(14-20(26)28)21(29)23-13-7-12-19-24-25-22(30-2)27(19)15-8-3-4-9-15/h5-6,10-11,14-15H,3-4,7-9,12-13H2,1-2H3,(H,23,29). The molecule has 1 fully saturated rings. The van der Waals surface area contributed by atoms with Gasteiger partial charge in [0.2, 0.25) is 0 Å². The lowest BCUT2D eigenvalue weighted by atomic mass is 10.1. The van der Waals surface area contributed by atoms with Gasteiger partial charge in [0.25, 0.3) is 11.5 Å². The molecule has 2 heterocycles. The van der Waals surface area contributed by atoms with Gasteiger partial charge in [-0.1, -0.05) is 42.8 Å². The summed E-state index contributed by atoms with van der Waals surface area (Å²) in [7, 11) is 1.72. The van der Waals surface area contributed by atoms with Gasteiger partial charge >= 0.3 is 0 Å². The molecule has 7 nitrogen and oxygen atoms in total. The quantitative estimate of drug-likeness (QED) is 0.464. The van der Waals surface area contributed by atoms with Crippen LogP contribution in [0.2, 0.25) is 0 Å². The van der Waals surface area contributed by atoms with E-state index in [2.05, 4.69) is 20.1 Å². The SMILES string of the molecule is CSc1nnc(CCCNC(=O)c2cc(=O)n(C)c3ccccc23)n1C1CCCC1. The van der Waals surface area contributed by atoms with Gasteiger partial charge < -0.3 is 14.5 Å². The summed E-state index contributed by atoms with van der Waals surface area (Å²) in [6.07, 6.45) is 8.47. The minimum absolute atomic E-state index is 0.187. The minimum atomic E-state index is -0.217. The van der Waals surface area contributed by atoms with E-state index in [1.54, 1.807) is 23.4 Å². The number of para-hydroxylation sites is 1. The zero-order valence-electron chi connectivity index (χ0n) is 17.4. The number of thioether (sulfide) groups is 1. The molecule has 0 aliphatic heterocycles. The van der Waals surface area contributed by atoms with Gasteiger partial charge in [0.1, 0.15) is 5.82 Å². The van der Waals surface area contributed by atoms with E-state index in [0.29, 0.717) is 18.2 Å². The molecule has 158 valence electrons. The number of fused-ring (bicyclic) bond motifs is 1. The molecule has 1 aliphatic carbocycles. The van der Waals surface area contributed by atoms with Crippen molar-refractivity contribution in [2.24, 2.45) is 7.05 Å². The van der Waals surface area contributed by atoms with Crippen molar-refractivity contribution in [1.82, 2.24) is 24.6 Å². The highest BCUT2D eigenvalue weighted by Crippen LogP contribution is 2.33. The molecule has 1 aliphatic rings. The molecule has 1 amide bonds. The number of aromatic nitrogens is 4. The number of carbonyl (C=O) groups is 1. The molecule has 0 radical (unpaired) electrons. The Labute approximate surface area is 179 Å². The maximum absolute atomic E-state index is 12.8. The van der Waals surface area contributed by atoms with Crippen molar-refractivity contribution >= 4 is 28.6 Å². The van der Waals surface area contributed by atoms with Crippen LogP contribution in [0.5, 0.6) is 0 Å². The van der Waals surface area contributed by atoms with Crippen LogP contribution < -0.4 is 10.9 Å². The first-order chi connectivity index (χ1) is 14.6. The van der Waals surface area contributed by atoms with Crippen molar-refractivity contribution in [3.8, 4) is 0 Å². The Morgan fingerprint density at radius 1 is 1.23 bits per heavy atom. The second kappa shape index (κ2) is 9.04. The molecule has 0 saturated heterocycles. The van der Waals surface area contributed by atoms with Crippen molar-refractivity contribution in [2.75, 3.05) is 12.8 Å². The van der Waals surface area contributed by atoms with Crippen molar-refractivity contribution < 1.29 is 4.79 Å². The van der Waals surface area contributed by atoms with E-state index >= 15 is 0 Å². The molecule has 3 aromatic rings. The van der Waals surface area contributed by atoms with E-state index in [-0.39, 0.29) is 11.5 Å². The van der Waals surface area contributed by atoms with E-state index in [9.17, 15) is 9.59 Å². The van der Waals surface area contributed by atoms with Gasteiger partial charge in [0.05, 0.1) is 11.1 Å². The van der Waals surface area contributed by atoms with Gasteiger partial charge in [-0.2, -0.15) is 0 Å². The Morgan fingerprint density at radius 3 is 2.77 bits per heavy atom. The van der Waals surface area contributed by atoms with Gasteiger partial charge in [0.15, 0.2) is 5.16 Å². The van der Waals surface area contributed by atoms with E-state index in [1.807, 2.05) is 30.5 Å². The van der Waals surface area contributed by atoms with E-state index < -0.39 is 0 Å². The van der Waals surface area contributed by atoms with Crippen LogP contribution >= 0.6 is 11.8 Å². The molecule has 1 saturated carbocycles. The molecule has 2 aromatic heterocycles. The number of pyridine rings is 1. The third-order valence-electron chi connectivity index (χ3n) is 5.87. The average Bonchev–Trinajstić information content (AvgIpc) is 3.43. The molecule has 0 unspecified atom stereocenters. The highest BCUT2D eigenvalue weighted by atomic mass is 32.2. The number of nitrogens with one attached hydrogen (secondary N) is 1. The van der Waals surface area contributed by atoms with Crippen LogP contribution in [0.4, 0.5) is 0 Å². The van der Waals surface area contributed by atoms with Crippen LogP contribution in [0.1, 0.15) is 54.3 Å². The lowest BCUT2D eigenvalue weighted by Crippen LogP contribution is -2.28. The number of benzene rings is 1. The fraction of sp³-hybridized carbons (Fsp3) is 0.455. The van der Waals surface area contributed by atoms with Gasteiger partial charge in [0, 0.05) is 37.5 Å². The fourth-order valence-electron chi connectivity index (χ4n) is 4.29. The average molecular weight is 426 g/mol. The molecule has 0 atom stereocenters. The van der Waals surface area contributed by atoms with Gasteiger partial charge in [-0.3, -0.25) is 9.59 Å². The monoisotopic (exact) mass is 425 g/mol. The second-order valence-electron chi connectivity index (χ2n) is 7.74. The predicted octanol–water partition coefficient (Wildman–Crippen LogP) is 3.33. The summed E-state index contributed by atoms with van der Waals surface area (Å²) in [5, 5.41) is 13.5. The van der Waals surface area contributed by atoms with Crippen molar-refractivity contribution in [1.29, 1.82) is 0 Å². The van der Waals surface area contributed by atoms with Crippen LogP contribution in [0.3, 0.4) is 0 Å². The number of nitrogens with zero attached hydrogens (tertiary/aromatic N) is 4. The summed E-state index contributed by atoms with van der Waals surface area (Å²) in [5.41, 5.74) is 0.991. The van der Waals surface area contributed by atoms with Crippen LogP contribution in [-0.2, 0) is 13.5 Å². The topological polar surface area (TPSA) is 81.8 Å². The van der Waals surface area contributed by atoms with Crippen molar-refractivity contribution in [2.45, 2.75) is 49.7 Å². The number of amides is 1. The molecular formula is C22H27N5O2S. The van der Waals surface area contributed by atoms with Gasteiger partial charge in [-0.05, 0) is 31.6 Å². The van der Waals surface area contributed by atoms with Crippen molar-refractivity contribution in [3.05, 3.63) is 52.1 Å². The summed E-state index contributed by atoms with van der Waals surface area (Å²) in [5.74, 6) is 0.783. The fourth-order valence-corrected chi connectivity index (χ4v) is 4.86. The first-order valence-corrected chi connectivity index (χ1v) is 11.7. The van der Waals surface area contributed by atoms with Crippen molar-refractivity contribution in [3.63, 3.8) is 0 Å². The lowest BCUT2D eigenvalue weighted by Gasteiger charge is -2.16.